The molecule has 0 spiro atoms. The first-order chi connectivity index (χ1) is 16.9. The van der Waals surface area contributed by atoms with Gasteiger partial charge >= 0.3 is 218 Å². The molecule has 5 aromatic rings. The van der Waals surface area contributed by atoms with Gasteiger partial charge in [-0.05, 0) is 0 Å². The van der Waals surface area contributed by atoms with Gasteiger partial charge in [-0.3, -0.25) is 0 Å². The second-order valence-electron chi connectivity index (χ2n) is 12.7. The van der Waals surface area contributed by atoms with Crippen LogP contribution in [0.25, 0.3) is 43.6 Å². The number of aryl methyl sites for hydroxylation is 3. The third-order valence-corrected chi connectivity index (χ3v) is 12.2. The van der Waals surface area contributed by atoms with Crippen LogP contribution in [0.1, 0.15) is 37.5 Å². The van der Waals surface area contributed by atoms with Crippen LogP contribution in [0.2, 0.25) is 17.3 Å². The predicted molar refractivity (Wildman–Crippen MR) is 157 cm³/mol. The molecule has 0 N–H and O–H groups in total. The molecule has 6 rings (SSSR count). The van der Waals surface area contributed by atoms with Crippen LogP contribution in [0.5, 0.6) is 11.5 Å². The van der Waals surface area contributed by atoms with E-state index in [-0.39, 0.29) is 5.41 Å². The van der Waals surface area contributed by atoms with Crippen molar-refractivity contribution in [2.24, 2.45) is 7.05 Å². The summed E-state index contributed by atoms with van der Waals surface area (Å²) in [4.78, 5) is 0. The quantitative estimate of drug-likeness (QED) is 0.118. The van der Waals surface area contributed by atoms with Crippen molar-refractivity contribution in [1.82, 2.24) is 0 Å². The molecule has 2 heterocycles. The minimum atomic E-state index is -2.11. The van der Waals surface area contributed by atoms with Gasteiger partial charge in [-0.2, -0.15) is 0 Å². The summed E-state index contributed by atoms with van der Waals surface area (Å²) in [6.45, 7) is 11.4. The van der Waals surface area contributed by atoms with E-state index in [1.807, 2.05) is 0 Å². The van der Waals surface area contributed by atoms with E-state index >= 15 is 0 Å². The van der Waals surface area contributed by atoms with Crippen molar-refractivity contribution in [1.29, 1.82) is 0 Å². The molecule has 182 valence electrons. The number of pyridine rings is 1. The Hall–Kier alpha value is -2.85. The van der Waals surface area contributed by atoms with Crippen molar-refractivity contribution in [3.63, 3.8) is 0 Å². The maximum absolute atomic E-state index is 7.06. The molecule has 1 aromatic heterocycles. The summed E-state index contributed by atoms with van der Waals surface area (Å²) in [7, 11) is 2.18. The van der Waals surface area contributed by atoms with E-state index in [1.54, 1.807) is 0 Å². The normalized spacial score (nSPS) is 13.4. The summed E-state index contributed by atoms with van der Waals surface area (Å²) < 4.78 is 10.9. The molecule has 3 heteroatoms. The Kier molecular flexibility index (Phi) is 4.96. The summed E-state index contributed by atoms with van der Waals surface area (Å²) in [6, 6.07) is 18.4. The molecule has 0 atom stereocenters. The Balaban J connectivity index is 1.85. The van der Waals surface area contributed by atoms with Gasteiger partial charge in [0.05, 0.1) is 0 Å². The van der Waals surface area contributed by atoms with E-state index in [2.05, 4.69) is 118 Å². The van der Waals surface area contributed by atoms with Crippen molar-refractivity contribution in [2.45, 2.75) is 57.3 Å². The van der Waals surface area contributed by atoms with E-state index < -0.39 is 13.3 Å². The molecule has 0 amide bonds. The second kappa shape index (κ2) is 7.58. The Labute approximate surface area is 217 Å². The number of aromatic nitrogens is 1. The van der Waals surface area contributed by atoms with Crippen LogP contribution in [0.3, 0.4) is 0 Å². The molecule has 0 bridgehead atoms. The molecule has 0 saturated heterocycles. The van der Waals surface area contributed by atoms with Crippen molar-refractivity contribution in [2.75, 3.05) is 0 Å². The van der Waals surface area contributed by atoms with Crippen LogP contribution < -0.4 is 13.7 Å². The van der Waals surface area contributed by atoms with Gasteiger partial charge in [0.25, 0.3) is 0 Å². The van der Waals surface area contributed by atoms with Crippen LogP contribution in [0, 0.1) is 13.8 Å². The molecule has 0 fully saturated rings. The SMILES string of the molecule is Cc1ccc2c(C(C)(C)C)c3c(c(C)c2c1)-c1c2c(cc4[c]([Ge]([CH3])([CH3])[CH3])cccc4c2cc[n+]1C)O3. The summed E-state index contributed by atoms with van der Waals surface area (Å²) >= 11 is -2.11. The maximum atomic E-state index is 7.06. The van der Waals surface area contributed by atoms with Crippen LogP contribution in [-0.2, 0) is 12.5 Å². The summed E-state index contributed by atoms with van der Waals surface area (Å²) in [5, 5.41) is 7.84. The number of hydrogen-bond acceptors (Lipinski definition) is 1. The fourth-order valence-corrected chi connectivity index (χ4v) is 9.68. The zero-order valence-electron chi connectivity index (χ0n) is 23.1. The average molecular weight is 535 g/mol. The molecule has 36 heavy (non-hydrogen) atoms. The van der Waals surface area contributed by atoms with Crippen molar-refractivity contribution in [3.05, 3.63) is 71.4 Å². The van der Waals surface area contributed by atoms with Gasteiger partial charge in [0, 0.05) is 0 Å². The van der Waals surface area contributed by atoms with Crippen LogP contribution in [0.15, 0.2) is 54.7 Å². The van der Waals surface area contributed by atoms with Gasteiger partial charge in [0.2, 0.25) is 0 Å². The summed E-state index contributed by atoms with van der Waals surface area (Å²) in [5.74, 6) is 9.46. The number of rotatable bonds is 1. The number of benzene rings is 4. The molecule has 0 saturated carbocycles. The van der Waals surface area contributed by atoms with E-state index in [9.17, 15) is 0 Å². The Bertz CT molecular complexity index is 1750. The standard InChI is InChI=1S/C33H36GeNO/c1-19-13-14-23-24(17-19)20(2)28-31-29-22(15-16-35(31)9)21-11-10-12-26(34(6,7)8)25(21)18-27(29)36-32(28)30(23)33(3,4)5/h10-18H,1-9H3/q+1. The monoisotopic (exact) mass is 536 g/mol. The Morgan fingerprint density at radius 2 is 1.56 bits per heavy atom. The summed E-state index contributed by atoms with van der Waals surface area (Å²) in [6.07, 6.45) is 2.23. The molecular formula is C33H36GeNO+. The van der Waals surface area contributed by atoms with Crippen LogP contribution in [-0.4, -0.2) is 13.3 Å². The van der Waals surface area contributed by atoms with Crippen molar-refractivity contribution in [3.8, 4) is 22.8 Å². The number of hydrogen-bond donors (Lipinski definition) is 0. The van der Waals surface area contributed by atoms with E-state index in [0.717, 1.165) is 11.5 Å². The molecule has 0 aliphatic carbocycles. The van der Waals surface area contributed by atoms with Crippen LogP contribution in [0.4, 0.5) is 0 Å². The van der Waals surface area contributed by atoms with Crippen LogP contribution >= 0.6 is 0 Å². The summed E-state index contributed by atoms with van der Waals surface area (Å²) in [5.41, 5.74) is 6.31. The second-order valence-corrected chi connectivity index (χ2v) is 23.3. The molecule has 1 aliphatic rings. The van der Waals surface area contributed by atoms with Gasteiger partial charge in [0.15, 0.2) is 0 Å². The zero-order valence-corrected chi connectivity index (χ0v) is 25.1. The Morgan fingerprint density at radius 3 is 2.25 bits per heavy atom. The topological polar surface area (TPSA) is 13.1 Å². The third kappa shape index (κ3) is 3.26. The zero-order chi connectivity index (χ0) is 25.7. The number of nitrogens with zero attached hydrogens (tertiary/aromatic N) is 1. The van der Waals surface area contributed by atoms with Gasteiger partial charge in [-0.25, -0.2) is 0 Å². The first kappa shape index (κ1) is 23.5. The van der Waals surface area contributed by atoms with Gasteiger partial charge < -0.3 is 0 Å². The molecule has 0 radical (unpaired) electrons. The van der Waals surface area contributed by atoms with Gasteiger partial charge in [-0.15, -0.1) is 0 Å². The molecule has 1 aliphatic heterocycles. The van der Waals surface area contributed by atoms with E-state index in [4.69, 9.17) is 4.74 Å². The first-order valence-corrected chi connectivity index (χ1v) is 20.4. The molecule has 2 nitrogen and oxygen atoms in total. The van der Waals surface area contributed by atoms with Gasteiger partial charge in [0.1, 0.15) is 0 Å². The van der Waals surface area contributed by atoms with E-state index in [0.29, 0.717) is 0 Å². The molecular weight excluding hydrogens is 499 g/mol. The molecule has 0 unspecified atom stereocenters. The fourth-order valence-electron chi connectivity index (χ4n) is 6.30. The third-order valence-electron chi connectivity index (χ3n) is 7.93. The van der Waals surface area contributed by atoms with E-state index in [1.165, 1.54) is 64.7 Å². The first-order valence-electron chi connectivity index (χ1n) is 13.0. The Morgan fingerprint density at radius 1 is 0.806 bits per heavy atom. The number of ether oxygens (including phenoxy) is 1. The van der Waals surface area contributed by atoms with Gasteiger partial charge in [-0.1, -0.05) is 0 Å². The fraction of sp³-hybridized carbons (Fsp3) is 0.303. The van der Waals surface area contributed by atoms with Crippen molar-refractivity contribution < 1.29 is 9.30 Å². The predicted octanol–water partition coefficient (Wildman–Crippen LogP) is 8.20. The minimum absolute atomic E-state index is 0.0714. The molecule has 4 aromatic carbocycles. The van der Waals surface area contributed by atoms with Crippen molar-refractivity contribution >= 4 is 50.0 Å². The average Bonchev–Trinajstić information content (AvgIpc) is 2.79. The number of fused-ring (bicyclic) bond motifs is 5.